The van der Waals surface area contributed by atoms with Crippen LogP contribution >= 0.6 is 0 Å². The molecule has 21 heavy (non-hydrogen) atoms. The van der Waals surface area contributed by atoms with E-state index in [1.807, 2.05) is 18.2 Å². The van der Waals surface area contributed by atoms with E-state index in [4.69, 9.17) is 9.26 Å². The van der Waals surface area contributed by atoms with Gasteiger partial charge < -0.3 is 14.6 Å². The molecule has 0 aliphatic carbocycles. The molecule has 5 nitrogen and oxygen atoms in total. The van der Waals surface area contributed by atoms with Gasteiger partial charge in [-0.1, -0.05) is 31.1 Å². The lowest BCUT2D eigenvalue weighted by Gasteiger charge is -2.07. The molecule has 0 radical (unpaired) electrons. The zero-order valence-corrected chi connectivity index (χ0v) is 12.8. The number of benzene rings is 1. The second-order valence-corrected chi connectivity index (χ2v) is 4.97. The molecular formula is C16H23N3O2. The molecule has 114 valence electrons. The highest BCUT2D eigenvalue weighted by molar-refractivity contribution is 5.28. The highest BCUT2D eigenvalue weighted by atomic mass is 16.5. The molecule has 0 atom stereocenters. The van der Waals surface area contributed by atoms with Gasteiger partial charge in [0.15, 0.2) is 6.61 Å². The summed E-state index contributed by atoms with van der Waals surface area (Å²) in [6.45, 7) is 6.45. The van der Waals surface area contributed by atoms with E-state index in [1.165, 1.54) is 5.56 Å². The van der Waals surface area contributed by atoms with Crippen LogP contribution in [0.5, 0.6) is 5.75 Å². The standard InChI is InChI=1S/C16H23N3O2/c1-3-6-16-18-15(19-21-16)12-20-14-8-5-7-13(10-14)11-17-9-4-2/h5,7-8,10,17H,3-4,6,9,11-12H2,1-2H3. The minimum atomic E-state index is 0.332. The molecule has 0 bridgehead atoms. The normalized spacial score (nSPS) is 10.8. The maximum absolute atomic E-state index is 5.72. The number of aryl methyl sites for hydroxylation is 1. The van der Waals surface area contributed by atoms with Gasteiger partial charge in [-0.15, -0.1) is 0 Å². The Morgan fingerprint density at radius 3 is 2.95 bits per heavy atom. The SMILES string of the molecule is CCCNCc1cccc(OCc2noc(CCC)n2)c1. The smallest absolute Gasteiger partial charge is 0.226 e. The Balaban J connectivity index is 1.85. The number of hydrogen-bond donors (Lipinski definition) is 1. The van der Waals surface area contributed by atoms with E-state index in [1.54, 1.807) is 0 Å². The van der Waals surface area contributed by atoms with Crippen molar-refractivity contribution < 1.29 is 9.26 Å². The Kier molecular flexibility index (Phi) is 6.22. The van der Waals surface area contributed by atoms with Crippen molar-refractivity contribution in [3.63, 3.8) is 0 Å². The van der Waals surface area contributed by atoms with Gasteiger partial charge in [0, 0.05) is 13.0 Å². The maximum Gasteiger partial charge on any atom is 0.226 e. The van der Waals surface area contributed by atoms with Crippen LogP contribution in [0.1, 0.15) is 44.0 Å². The predicted octanol–water partition coefficient (Wildman–Crippen LogP) is 3.10. The van der Waals surface area contributed by atoms with E-state index in [9.17, 15) is 0 Å². The van der Waals surface area contributed by atoms with Crippen LogP contribution in [-0.4, -0.2) is 16.7 Å². The molecule has 0 aliphatic rings. The largest absolute Gasteiger partial charge is 0.485 e. The molecule has 5 heteroatoms. The van der Waals surface area contributed by atoms with Gasteiger partial charge in [0.1, 0.15) is 5.75 Å². The van der Waals surface area contributed by atoms with Crippen LogP contribution in [0.3, 0.4) is 0 Å². The summed E-state index contributed by atoms with van der Waals surface area (Å²) < 4.78 is 10.8. The molecule has 2 aromatic rings. The summed E-state index contributed by atoms with van der Waals surface area (Å²) in [5.41, 5.74) is 1.21. The Bertz CT molecular complexity index is 540. The number of nitrogens with one attached hydrogen (secondary N) is 1. The van der Waals surface area contributed by atoms with Crippen molar-refractivity contribution in [2.24, 2.45) is 0 Å². The molecule has 1 aromatic heterocycles. The van der Waals surface area contributed by atoms with Gasteiger partial charge >= 0.3 is 0 Å². The van der Waals surface area contributed by atoms with Gasteiger partial charge in [-0.25, -0.2) is 0 Å². The topological polar surface area (TPSA) is 60.2 Å². The van der Waals surface area contributed by atoms with Crippen molar-refractivity contribution in [1.29, 1.82) is 0 Å². The van der Waals surface area contributed by atoms with Crippen LogP contribution in [0.2, 0.25) is 0 Å². The quantitative estimate of drug-likeness (QED) is 0.719. The van der Waals surface area contributed by atoms with Gasteiger partial charge in [0.25, 0.3) is 0 Å². The third-order valence-corrected chi connectivity index (χ3v) is 3.00. The number of rotatable bonds is 9. The molecule has 1 aromatic carbocycles. The Morgan fingerprint density at radius 2 is 2.14 bits per heavy atom. The number of aromatic nitrogens is 2. The summed E-state index contributed by atoms with van der Waals surface area (Å²) in [6, 6.07) is 8.06. The van der Waals surface area contributed by atoms with Gasteiger partial charge in [-0.3, -0.25) is 0 Å². The summed E-state index contributed by atoms with van der Waals surface area (Å²) in [5, 5.41) is 7.28. The van der Waals surface area contributed by atoms with Gasteiger partial charge in [0.2, 0.25) is 11.7 Å². The third kappa shape index (κ3) is 5.19. The van der Waals surface area contributed by atoms with Gasteiger partial charge in [-0.05, 0) is 37.1 Å². The van der Waals surface area contributed by atoms with Crippen molar-refractivity contribution in [3.05, 3.63) is 41.5 Å². The zero-order chi connectivity index (χ0) is 14.9. The first kappa shape index (κ1) is 15.5. The summed E-state index contributed by atoms with van der Waals surface area (Å²) in [7, 11) is 0. The third-order valence-electron chi connectivity index (χ3n) is 3.00. The Labute approximate surface area is 125 Å². The van der Waals surface area contributed by atoms with Crippen molar-refractivity contribution in [2.45, 2.75) is 46.3 Å². The molecular weight excluding hydrogens is 266 g/mol. The molecule has 1 N–H and O–H groups in total. The predicted molar refractivity (Wildman–Crippen MR) is 81.1 cm³/mol. The summed E-state index contributed by atoms with van der Waals surface area (Å²) in [6.07, 6.45) is 2.94. The van der Waals surface area contributed by atoms with E-state index in [2.05, 4.69) is 35.4 Å². The summed E-state index contributed by atoms with van der Waals surface area (Å²) >= 11 is 0. The van der Waals surface area contributed by atoms with Crippen molar-refractivity contribution >= 4 is 0 Å². The van der Waals surface area contributed by atoms with E-state index >= 15 is 0 Å². The summed E-state index contributed by atoms with van der Waals surface area (Å²) in [5.74, 6) is 2.09. The fourth-order valence-electron chi connectivity index (χ4n) is 1.97. The molecule has 0 fully saturated rings. The fraction of sp³-hybridized carbons (Fsp3) is 0.500. The van der Waals surface area contributed by atoms with E-state index in [0.29, 0.717) is 18.3 Å². The van der Waals surface area contributed by atoms with Crippen LogP contribution in [0, 0.1) is 0 Å². The average molecular weight is 289 g/mol. The molecule has 1 heterocycles. The lowest BCUT2D eigenvalue weighted by molar-refractivity contribution is 0.285. The molecule has 0 spiro atoms. The first-order valence-corrected chi connectivity index (χ1v) is 7.55. The van der Waals surface area contributed by atoms with Crippen LogP contribution in [0.4, 0.5) is 0 Å². The number of nitrogens with zero attached hydrogens (tertiary/aromatic N) is 2. The van der Waals surface area contributed by atoms with Gasteiger partial charge in [-0.2, -0.15) is 4.98 Å². The minimum absolute atomic E-state index is 0.332. The first-order chi connectivity index (χ1) is 10.3. The number of hydrogen-bond acceptors (Lipinski definition) is 5. The fourth-order valence-corrected chi connectivity index (χ4v) is 1.97. The lowest BCUT2D eigenvalue weighted by atomic mass is 10.2. The number of ether oxygens (including phenoxy) is 1. The first-order valence-electron chi connectivity index (χ1n) is 7.55. The second-order valence-electron chi connectivity index (χ2n) is 4.97. The van der Waals surface area contributed by atoms with E-state index in [0.717, 1.165) is 38.1 Å². The van der Waals surface area contributed by atoms with Gasteiger partial charge in [0.05, 0.1) is 0 Å². The maximum atomic E-state index is 5.72. The molecule has 0 saturated carbocycles. The van der Waals surface area contributed by atoms with Crippen molar-refractivity contribution in [1.82, 2.24) is 15.5 Å². The monoisotopic (exact) mass is 289 g/mol. The second kappa shape index (κ2) is 8.42. The minimum Gasteiger partial charge on any atom is -0.485 e. The molecule has 0 saturated heterocycles. The Hall–Kier alpha value is -1.88. The molecule has 2 rings (SSSR count). The molecule has 0 aliphatic heterocycles. The van der Waals surface area contributed by atoms with Crippen molar-refractivity contribution in [3.8, 4) is 5.75 Å². The van der Waals surface area contributed by atoms with Crippen LogP contribution in [0.15, 0.2) is 28.8 Å². The van der Waals surface area contributed by atoms with Crippen molar-refractivity contribution in [2.75, 3.05) is 6.54 Å². The van der Waals surface area contributed by atoms with E-state index < -0.39 is 0 Å². The highest BCUT2D eigenvalue weighted by Crippen LogP contribution is 2.14. The molecule has 0 unspecified atom stereocenters. The van der Waals surface area contributed by atoms with Crippen LogP contribution in [-0.2, 0) is 19.6 Å². The summed E-state index contributed by atoms with van der Waals surface area (Å²) in [4.78, 5) is 4.28. The highest BCUT2D eigenvalue weighted by Gasteiger charge is 2.06. The van der Waals surface area contributed by atoms with E-state index in [-0.39, 0.29) is 0 Å². The zero-order valence-electron chi connectivity index (χ0n) is 12.8. The van der Waals surface area contributed by atoms with Crippen LogP contribution in [0.25, 0.3) is 0 Å². The lowest BCUT2D eigenvalue weighted by Crippen LogP contribution is -2.13. The van der Waals surface area contributed by atoms with Crippen LogP contribution < -0.4 is 10.1 Å². The molecule has 0 amide bonds. The average Bonchev–Trinajstić information content (AvgIpc) is 2.94. The Morgan fingerprint density at radius 1 is 1.24 bits per heavy atom.